The first-order chi connectivity index (χ1) is 9.15. The topological polar surface area (TPSA) is 83.5 Å². The number of hydrogen-bond donors (Lipinski definition) is 2. The normalized spacial score (nSPS) is 12.3. The van der Waals surface area contributed by atoms with Crippen LogP contribution in [-0.4, -0.2) is 25.0 Å². The van der Waals surface area contributed by atoms with Crippen LogP contribution in [0.2, 0.25) is 0 Å². The number of hydrogen-bond acceptors (Lipinski definition) is 3. The predicted octanol–water partition coefficient (Wildman–Crippen LogP) is 2.38. The first-order valence-corrected chi connectivity index (χ1v) is 8.14. The highest BCUT2D eigenvalue weighted by molar-refractivity contribution is 7.88. The fraction of sp³-hybridized carbons (Fsp3) is 0.500. The third-order valence-corrected chi connectivity index (χ3v) is 4.41. The molecule has 0 amide bonds. The van der Waals surface area contributed by atoms with Crippen LogP contribution in [0.5, 0.6) is 0 Å². The summed E-state index contributed by atoms with van der Waals surface area (Å²) >= 11 is 0. The third kappa shape index (κ3) is 5.30. The molecule has 0 aromatic heterocycles. The molecule has 0 aliphatic rings. The minimum atomic E-state index is -3.50. The molecule has 1 aromatic carbocycles. The Balaban J connectivity index is 2.86. The van der Waals surface area contributed by atoms with Crippen LogP contribution in [0.25, 0.3) is 0 Å². The first kappa shape index (κ1) is 16.7. The molecule has 0 bridgehead atoms. The summed E-state index contributed by atoms with van der Waals surface area (Å²) in [5.74, 6) is -1.29. The molecule has 0 fully saturated rings. The maximum Gasteiger partial charge on any atom is 0.335 e. The number of benzene rings is 1. The average Bonchev–Trinajstić information content (AvgIpc) is 2.26. The van der Waals surface area contributed by atoms with Crippen LogP contribution < -0.4 is 4.72 Å². The largest absolute Gasteiger partial charge is 0.478 e. The fourth-order valence-corrected chi connectivity index (χ4v) is 3.78. The Hall–Kier alpha value is -1.40. The minimum Gasteiger partial charge on any atom is -0.478 e. The molecular weight excluding hydrogens is 278 g/mol. The van der Waals surface area contributed by atoms with Crippen molar-refractivity contribution in [2.24, 2.45) is 0 Å². The lowest BCUT2D eigenvalue weighted by molar-refractivity contribution is 0.0696. The highest BCUT2D eigenvalue weighted by Crippen LogP contribution is 2.15. The molecule has 112 valence electrons. The number of carboxylic acid groups (broad SMARTS) is 1. The summed E-state index contributed by atoms with van der Waals surface area (Å²) < 4.78 is 26.9. The van der Waals surface area contributed by atoms with Crippen LogP contribution in [0.15, 0.2) is 24.3 Å². The Labute approximate surface area is 120 Å². The molecule has 0 heterocycles. The van der Waals surface area contributed by atoms with Gasteiger partial charge < -0.3 is 5.11 Å². The molecule has 0 radical (unpaired) electrons. The summed E-state index contributed by atoms with van der Waals surface area (Å²) in [6.45, 7) is 5.66. The summed E-state index contributed by atoms with van der Waals surface area (Å²) in [6.07, 6.45) is 1.62. The van der Waals surface area contributed by atoms with Gasteiger partial charge in [-0.05, 0) is 38.0 Å². The molecule has 20 heavy (non-hydrogen) atoms. The Morgan fingerprint density at radius 1 is 1.35 bits per heavy atom. The van der Waals surface area contributed by atoms with Crippen LogP contribution in [0.4, 0.5) is 0 Å². The van der Waals surface area contributed by atoms with Crippen LogP contribution in [0.1, 0.15) is 49.5 Å². The van der Waals surface area contributed by atoms with Gasteiger partial charge in [0.15, 0.2) is 0 Å². The van der Waals surface area contributed by atoms with Gasteiger partial charge in [-0.2, -0.15) is 0 Å². The van der Waals surface area contributed by atoms with Crippen molar-refractivity contribution in [1.82, 2.24) is 4.72 Å². The zero-order chi connectivity index (χ0) is 15.4. The molecule has 2 N–H and O–H groups in total. The molecule has 1 aromatic rings. The number of aromatic carboxylic acids is 1. The van der Waals surface area contributed by atoms with E-state index in [1.807, 2.05) is 20.8 Å². The molecule has 6 heteroatoms. The molecule has 0 spiro atoms. The number of nitrogens with one attached hydrogen (secondary N) is 1. The van der Waals surface area contributed by atoms with Crippen molar-refractivity contribution in [3.63, 3.8) is 0 Å². The maximum absolute atomic E-state index is 12.1. The van der Waals surface area contributed by atoms with E-state index in [2.05, 4.69) is 4.72 Å². The van der Waals surface area contributed by atoms with E-state index < -0.39 is 21.5 Å². The van der Waals surface area contributed by atoms with Gasteiger partial charge in [0, 0.05) is 5.54 Å². The van der Waals surface area contributed by atoms with E-state index in [4.69, 9.17) is 5.11 Å². The fourth-order valence-electron chi connectivity index (χ4n) is 2.15. The zero-order valence-corrected chi connectivity index (χ0v) is 12.8. The van der Waals surface area contributed by atoms with Crippen LogP contribution in [-0.2, 0) is 15.8 Å². The van der Waals surface area contributed by atoms with Gasteiger partial charge >= 0.3 is 5.97 Å². The number of carbonyl (C=O) groups is 1. The molecule has 0 aliphatic heterocycles. The molecule has 1 rings (SSSR count). The summed E-state index contributed by atoms with van der Waals surface area (Å²) in [4.78, 5) is 10.9. The number of sulfonamides is 1. The second-order valence-electron chi connectivity index (χ2n) is 5.50. The number of carboxylic acids is 1. The average molecular weight is 299 g/mol. The maximum atomic E-state index is 12.1. The van der Waals surface area contributed by atoms with E-state index in [1.165, 1.54) is 12.1 Å². The van der Waals surface area contributed by atoms with Crippen molar-refractivity contribution < 1.29 is 18.3 Å². The lowest BCUT2D eigenvalue weighted by Crippen LogP contribution is -2.43. The standard InChI is InChI=1S/C14H21NO4S/c1-4-8-14(2,3)15-20(18,19)10-11-6-5-7-12(9-11)13(16)17/h5-7,9,15H,4,8,10H2,1-3H3,(H,16,17). The van der Waals surface area contributed by atoms with Gasteiger partial charge in [0.05, 0.1) is 11.3 Å². The second-order valence-corrected chi connectivity index (χ2v) is 7.22. The van der Waals surface area contributed by atoms with Crippen LogP contribution in [0.3, 0.4) is 0 Å². The lowest BCUT2D eigenvalue weighted by Gasteiger charge is -2.25. The van der Waals surface area contributed by atoms with Gasteiger partial charge in [0.25, 0.3) is 0 Å². The van der Waals surface area contributed by atoms with Crippen molar-refractivity contribution in [3.05, 3.63) is 35.4 Å². The summed E-state index contributed by atoms with van der Waals surface area (Å²) in [7, 11) is -3.50. The molecule has 0 saturated carbocycles. The SMILES string of the molecule is CCCC(C)(C)NS(=O)(=O)Cc1cccc(C(=O)O)c1. The zero-order valence-electron chi connectivity index (χ0n) is 12.0. The highest BCUT2D eigenvalue weighted by Gasteiger charge is 2.24. The van der Waals surface area contributed by atoms with Gasteiger partial charge in [-0.25, -0.2) is 17.9 Å². The van der Waals surface area contributed by atoms with Gasteiger partial charge in [-0.3, -0.25) is 0 Å². The molecule has 0 atom stereocenters. The van der Waals surface area contributed by atoms with Crippen molar-refractivity contribution in [2.75, 3.05) is 0 Å². The van der Waals surface area contributed by atoms with Gasteiger partial charge in [0.1, 0.15) is 0 Å². The minimum absolute atomic E-state index is 0.0884. The van der Waals surface area contributed by atoms with Crippen molar-refractivity contribution in [3.8, 4) is 0 Å². The predicted molar refractivity (Wildman–Crippen MR) is 78.1 cm³/mol. The molecule has 0 aliphatic carbocycles. The van der Waals surface area contributed by atoms with E-state index in [0.717, 1.165) is 12.8 Å². The van der Waals surface area contributed by atoms with E-state index in [0.29, 0.717) is 5.56 Å². The Kier molecular flexibility index (Phi) is 5.30. The highest BCUT2D eigenvalue weighted by atomic mass is 32.2. The van der Waals surface area contributed by atoms with Gasteiger partial charge in [-0.15, -0.1) is 0 Å². The van der Waals surface area contributed by atoms with Crippen molar-refractivity contribution in [2.45, 2.75) is 44.9 Å². The van der Waals surface area contributed by atoms with Crippen molar-refractivity contribution >= 4 is 16.0 Å². The van der Waals surface area contributed by atoms with Crippen LogP contribution >= 0.6 is 0 Å². The second kappa shape index (κ2) is 6.37. The van der Waals surface area contributed by atoms with Crippen LogP contribution in [0, 0.1) is 0 Å². The van der Waals surface area contributed by atoms with E-state index >= 15 is 0 Å². The molecule has 5 nitrogen and oxygen atoms in total. The Morgan fingerprint density at radius 3 is 2.55 bits per heavy atom. The number of rotatable bonds is 7. The molecule has 0 unspecified atom stereocenters. The molecular formula is C14H21NO4S. The lowest BCUT2D eigenvalue weighted by atomic mass is 10.0. The summed E-state index contributed by atoms with van der Waals surface area (Å²) in [6, 6.07) is 5.98. The molecule has 0 saturated heterocycles. The van der Waals surface area contributed by atoms with Crippen molar-refractivity contribution in [1.29, 1.82) is 0 Å². The van der Waals surface area contributed by atoms with E-state index in [1.54, 1.807) is 12.1 Å². The first-order valence-electron chi connectivity index (χ1n) is 6.49. The van der Waals surface area contributed by atoms with E-state index in [9.17, 15) is 13.2 Å². The van der Waals surface area contributed by atoms with Gasteiger partial charge in [0.2, 0.25) is 10.0 Å². The smallest absolute Gasteiger partial charge is 0.335 e. The third-order valence-electron chi connectivity index (χ3n) is 2.84. The summed E-state index contributed by atoms with van der Waals surface area (Å²) in [5, 5.41) is 8.90. The monoisotopic (exact) mass is 299 g/mol. The Morgan fingerprint density at radius 2 is 2.00 bits per heavy atom. The summed E-state index contributed by atoms with van der Waals surface area (Å²) in [5.41, 5.74) is 0.0491. The quantitative estimate of drug-likeness (QED) is 0.809. The van der Waals surface area contributed by atoms with Gasteiger partial charge in [-0.1, -0.05) is 25.5 Å². The Bertz CT molecular complexity index is 579. The van der Waals surface area contributed by atoms with E-state index in [-0.39, 0.29) is 11.3 Å².